The number of anilines is 1. The number of hydrogen-bond acceptors (Lipinski definition) is 3. The average molecular weight is 316 g/mol. The maximum Gasteiger partial charge on any atom is 0.222 e. The Kier molecular flexibility index (Phi) is 5.97. The second-order valence-corrected chi connectivity index (χ2v) is 5.25. The maximum atomic E-state index is 13.5. The van der Waals surface area contributed by atoms with Gasteiger partial charge in [0.1, 0.15) is 11.6 Å². The molecule has 5 heteroatoms. The average Bonchev–Trinajstić information content (AvgIpc) is 2.54. The fourth-order valence-electron chi connectivity index (χ4n) is 2.19. The van der Waals surface area contributed by atoms with Crippen LogP contribution in [0.2, 0.25) is 0 Å². The molecule has 122 valence electrons. The summed E-state index contributed by atoms with van der Waals surface area (Å²) < 4.78 is 18.7. The highest BCUT2D eigenvalue weighted by Gasteiger charge is 2.06. The van der Waals surface area contributed by atoms with Crippen LogP contribution in [0.25, 0.3) is 0 Å². The third-order valence-corrected chi connectivity index (χ3v) is 3.46. The van der Waals surface area contributed by atoms with Gasteiger partial charge in [0.2, 0.25) is 5.91 Å². The molecule has 0 spiro atoms. The summed E-state index contributed by atoms with van der Waals surface area (Å²) in [6.07, 6.45) is 0.297. The predicted octanol–water partition coefficient (Wildman–Crippen LogP) is 3.26. The summed E-state index contributed by atoms with van der Waals surface area (Å²) in [5, 5.41) is 5.90. The molecule has 2 aromatic rings. The lowest BCUT2D eigenvalue weighted by Gasteiger charge is -2.12. The van der Waals surface area contributed by atoms with Crippen molar-refractivity contribution in [2.24, 2.45) is 0 Å². The zero-order chi connectivity index (χ0) is 16.7. The summed E-state index contributed by atoms with van der Waals surface area (Å²) in [6.45, 7) is 2.66. The van der Waals surface area contributed by atoms with Crippen molar-refractivity contribution in [2.75, 3.05) is 19.0 Å². The number of aryl methyl sites for hydroxylation is 1. The zero-order valence-corrected chi connectivity index (χ0v) is 13.4. The standard InChI is InChI=1S/C18H21FN2O2/c1-13-7-8-17(23-2)16(11-13)20-10-9-18(22)21-12-14-5-3-4-6-15(14)19/h3-8,11,20H,9-10,12H2,1-2H3,(H,21,22). The van der Waals surface area contributed by atoms with Gasteiger partial charge in [0.25, 0.3) is 0 Å². The molecule has 2 rings (SSSR count). The van der Waals surface area contributed by atoms with Crippen molar-refractivity contribution in [2.45, 2.75) is 19.9 Å². The third-order valence-electron chi connectivity index (χ3n) is 3.46. The van der Waals surface area contributed by atoms with Gasteiger partial charge in [-0.25, -0.2) is 4.39 Å². The first-order valence-electron chi connectivity index (χ1n) is 7.49. The van der Waals surface area contributed by atoms with Crippen LogP contribution in [0.3, 0.4) is 0 Å². The van der Waals surface area contributed by atoms with Crippen molar-refractivity contribution < 1.29 is 13.9 Å². The minimum atomic E-state index is -0.310. The number of carbonyl (C=O) groups is 1. The maximum absolute atomic E-state index is 13.5. The quantitative estimate of drug-likeness (QED) is 0.824. The molecule has 0 aromatic heterocycles. The third kappa shape index (κ3) is 4.98. The molecule has 0 aliphatic rings. The van der Waals surface area contributed by atoms with Crippen LogP contribution in [0.15, 0.2) is 42.5 Å². The van der Waals surface area contributed by atoms with Crippen molar-refractivity contribution in [3.8, 4) is 5.75 Å². The highest BCUT2D eigenvalue weighted by Crippen LogP contribution is 2.24. The molecule has 0 saturated carbocycles. The molecule has 0 aliphatic heterocycles. The van der Waals surface area contributed by atoms with Crippen LogP contribution in [0, 0.1) is 12.7 Å². The largest absolute Gasteiger partial charge is 0.495 e. The molecule has 0 bridgehead atoms. The number of hydrogen-bond donors (Lipinski definition) is 2. The van der Waals surface area contributed by atoms with Crippen molar-refractivity contribution in [1.29, 1.82) is 0 Å². The molecule has 23 heavy (non-hydrogen) atoms. The lowest BCUT2D eigenvalue weighted by atomic mass is 10.2. The van der Waals surface area contributed by atoms with E-state index in [4.69, 9.17) is 4.74 Å². The number of nitrogens with one attached hydrogen (secondary N) is 2. The van der Waals surface area contributed by atoms with Gasteiger partial charge in [0.15, 0.2) is 0 Å². The van der Waals surface area contributed by atoms with E-state index in [1.54, 1.807) is 25.3 Å². The van der Waals surface area contributed by atoms with Crippen LogP contribution < -0.4 is 15.4 Å². The number of amides is 1. The van der Waals surface area contributed by atoms with Gasteiger partial charge in [-0.05, 0) is 30.7 Å². The second kappa shape index (κ2) is 8.17. The van der Waals surface area contributed by atoms with Gasteiger partial charge in [0.05, 0.1) is 12.8 Å². The van der Waals surface area contributed by atoms with E-state index in [2.05, 4.69) is 10.6 Å². The number of benzene rings is 2. The van der Waals surface area contributed by atoms with E-state index in [9.17, 15) is 9.18 Å². The Morgan fingerprint density at radius 3 is 2.74 bits per heavy atom. The Morgan fingerprint density at radius 1 is 1.22 bits per heavy atom. The molecule has 0 saturated heterocycles. The van der Waals surface area contributed by atoms with Crippen molar-refractivity contribution >= 4 is 11.6 Å². The van der Waals surface area contributed by atoms with Crippen molar-refractivity contribution in [3.63, 3.8) is 0 Å². The van der Waals surface area contributed by atoms with E-state index in [0.717, 1.165) is 17.0 Å². The van der Waals surface area contributed by atoms with Crippen LogP contribution in [0.5, 0.6) is 5.75 Å². The van der Waals surface area contributed by atoms with Gasteiger partial charge >= 0.3 is 0 Å². The number of rotatable bonds is 7. The molecule has 1 amide bonds. The highest BCUT2D eigenvalue weighted by molar-refractivity contribution is 5.76. The summed E-state index contributed by atoms with van der Waals surface area (Å²) in [6, 6.07) is 12.2. The number of halogens is 1. The van der Waals surface area contributed by atoms with Crippen LogP contribution in [-0.2, 0) is 11.3 Å². The van der Waals surface area contributed by atoms with Gasteiger partial charge < -0.3 is 15.4 Å². The van der Waals surface area contributed by atoms with Gasteiger partial charge in [-0.15, -0.1) is 0 Å². The molecular weight excluding hydrogens is 295 g/mol. The first-order valence-corrected chi connectivity index (χ1v) is 7.49. The zero-order valence-electron chi connectivity index (χ0n) is 13.4. The number of methoxy groups -OCH3 is 1. The summed E-state index contributed by atoms with van der Waals surface area (Å²) in [5.41, 5.74) is 2.45. The van der Waals surface area contributed by atoms with E-state index < -0.39 is 0 Å². The molecule has 2 N–H and O–H groups in total. The molecule has 0 heterocycles. The molecular formula is C18H21FN2O2. The van der Waals surface area contributed by atoms with Crippen LogP contribution in [0.1, 0.15) is 17.5 Å². The Bertz CT molecular complexity index is 674. The first kappa shape index (κ1) is 16.8. The summed E-state index contributed by atoms with van der Waals surface area (Å²) in [5.74, 6) is 0.296. The Labute approximate surface area is 135 Å². The lowest BCUT2D eigenvalue weighted by molar-refractivity contribution is -0.121. The second-order valence-electron chi connectivity index (χ2n) is 5.25. The Hall–Kier alpha value is -2.56. The summed E-state index contributed by atoms with van der Waals surface area (Å²) in [7, 11) is 1.61. The van der Waals surface area contributed by atoms with Gasteiger partial charge in [-0.3, -0.25) is 4.79 Å². The molecule has 0 radical (unpaired) electrons. The summed E-state index contributed by atoms with van der Waals surface area (Å²) >= 11 is 0. The lowest BCUT2D eigenvalue weighted by Crippen LogP contribution is -2.25. The van der Waals surface area contributed by atoms with Gasteiger partial charge in [-0.1, -0.05) is 24.3 Å². The highest BCUT2D eigenvalue weighted by atomic mass is 19.1. The van der Waals surface area contributed by atoms with E-state index in [1.807, 2.05) is 25.1 Å². The number of carbonyl (C=O) groups excluding carboxylic acids is 1. The first-order chi connectivity index (χ1) is 11.1. The van der Waals surface area contributed by atoms with Crippen molar-refractivity contribution in [1.82, 2.24) is 5.32 Å². The monoisotopic (exact) mass is 316 g/mol. The number of ether oxygens (including phenoxy) is 1. The molecule has 4 nitrogen and oxygen atoms in total. The predicted molar refractivity (Wildman–Crippen MR) is 89.1 cm³/mol. The van der Waals surface area contributed by atoms with Crippen molar-refractivity contribution in [3.05, 3.63) is 59.4 Å². The van der Waals surface area contributed by atoms with Crippen LogP contribution >= 0.6 is 0 Å². The Balaban J connectivity index is 1.79. The molecule has 0 atom stereocenters. The van der Waals surface area contributed by atoms with Gasteiger partial charge in [0, 0.05) is 25.1 Å². The SMILES string of the molecule is COc1ccc(C)cc1NCCC(=O)NCc1ccccc1F. The normalized spacial score (nSPS) is 10.2. The molecule has 0 aliphatic carbocycles. The smallest absolute Gasteiger partial charge is 0.222 e. The Morgan fingerprint density at radius 2 is 2.00 bits per heavy atom. The fraction of sp³-hybridized carbons (Fsp3) is 0.278. The van der Waals surface area contributed by atoms with E-state index >= 15 is 0 Å². The fourth-order valence-corrected chi connectivity index (χ4v) is 2.19. The van der Waals surface area contributed by atoms with Gasteiger partial charge in [-0.2, -0.15) is 0 Å². The van der Waals surface area contributed by atoms with E-state index in [-0.39, 0.29) is 18.3 Å². The summed E-state index contributed by atoms with van der Waals surface area (Å²) in [4.78, 5) is 11.8. The topological polar surface area (TPSA) is 50.4 Å². The molecule has 2 aromatic carbocycles. The van der Waals surface area contributed by atoms with Crippen LogP contribution in [0.4, 0.5) is 10.1 Å². The van der Waals surface area contributed by atoms with E-state index in [0.29, 0.717) is 18.5 Å². The minimum Gasteiger partial charge on any atom is -0.495 e. The molecule has 0 unspecified atom stereocenters. The van der Waals surface area contributed by atoms with E-state index in [1.165, 1.54) is 6.07 Å². The molecule has 0 fully saturated rings. The minimum absolute atomic E-state index is 0.132. The van der Waals surface area contributed by atoms with Crippen LogP contribution in [-0.4, -0.2) is 19.6 Å².